The summed E-state index contributed by atoms with van der Waals surface area (Å²) in [6.45, 7) is 9.31. The van der Waals surface area contributed by atoms with Gasteiger partial charge in [0.15, 0.2) is 0 Å². The molecule has 0 aliphatic rings. The molecule has 0 aliphatic carbocycles. The van der Waals surface area contributed by atoms with Gasteiger partial charge in [-0.05, 0) is 19.3 Å². The predicted molar refractivity (Wildman–Crippen MR) is 90.8 cm³/mol. The van der Waals surface area contributed by atoms with Gasteiger partial charge in [0.1, 0.15) is 0 Å². The molecule has 121 valence electrons. The van der Waals surface area contributed by atoms with Crippen LogP contribution in [0, 0.1) is 12.5 Å². The molecule has 0 saturated heterocycles. The lowest BCUT2D eigenvalue weighted by molar-refractivity contribution is 0.197. The zero-order chi connectivity index (χ0) is 14.9. The maximum Gasteiger partial charge on any atom is 0.0805 e. The molecule has 0 spiro atoms. The Hall–Kier alpha value is -0.0400. The lowest BCUT2D eigenvalue weighted by Crippen LogP contribution is -1.89. The summed E-state index contributed by atoms with van der Waals surface area (Å²) in [5.41, 5.74) is 0. The molecule has 0 atom stereocenters. The standard InChI is InChI=1S/C19H39O/c1-4-20-18-16-14-12-10-8-6-5-7-9-11-13-15-17-19(2)3/h4,19H,5-18H2,1-3H3. The highest BCUT2D eigenvalue weighted by Gasteiger charge is 1.95. The number of ether oxygens (including phenoxy) is 1. The van der Waals surface area contributed by atoms with Crippen molar-refractivity contribution in [1.82, 2.24) is 0 Å². The molecule has 0 bridgehead atoms. The van der Waals surface area contributed by atoms with E-state index in [4.69, 9.17) is 4.74 Å². The number of unbranched alkanes of at least 4 members (excludes halogenated alkanes) is 11. The second kappa shape index (κ2) is 17.0. The molecule has 20 heavy (non-hydrogen) atoms. The third-order valence-corrected chi connectivity index (χ3v) is 3.96. The summed E-state index contributed by atoms with van der Waals surface area (Å²) in [7, 11) is 0. The van der Waals surface area contributed by atoms with Gasteiger partial charge in [-0.1, -0.05) is 90.9 Å². The van der Waals surface area contributed by atoms with E-state index in [-0.39, 0.29) is 0 Å². The molecule has 1 radical (unpaired) electrons. The molecule has 0 unspecified atom stereocenters. The van der Waals surface area contributed by atoms with Gasteiger partial charge >= 0.3 is 0 Å². The van der Waals surface area contributed by atoms with Crippen LogP contribution in [0.2, 0.25) is 0 Å². The SMILES string of the molecule is C[CH]OCCCCCCCCCCCCCCC(C)C. The van der Waals surface area contributed by atoms with Gasteiger partial charge in [0.2, 0.25) is 0 Å². The molecule has 0 heterocycles. The van der Waals surface area contributed by atoms with Crippen LogP contribution in [0.15, 0.2) is 0 Å². The predicted octanol–water partition coefficient (Wildman–Crippen LogP) is 6.91. The van der Waals surface area contributed by atoms with Crippen molar-refractivity contribution in [2.24, 2.45) is 5.92 Å². The zero-order valence-electron chi connectivity index (χ0n) is 14.5. The monoisotopic (exact) mass is 283 g/mol. The molecule has 0 amide bonds. The molecule has 1 nitrogen and oxygen atoms in total. The van der Waals surface area contributed by atoms with Crippen molar-refractivity contribution in [3.63, 3.8) is 0 Å². The van der Waals surface area contributed by atoms with Crippen LogP contribution in [0.3, 0.4) is 0 Å². The Morgan fingerprint density at radius 2 is 1.05 bits per heavy atom. The largest absolute Gasteiger partial charge is 0.376 e. The summed E-state index contributed by atoms with van der Waals surface area (Å²) in [5.74, 6) is 0.890. The highest BCUT2D eigenvalue weighted by molar-refractivity contribution is 4.50. The maximum atomic E-state index is 5.22. The van der Waals surface area contributed by atoms with Crippen LogP contribution in [0.25, 0.3) is 0 Å². The first-order valence-electron chi connectivity index (χ1n) is 9.16. The van der Waals surface area contributed by atoms with Crippen molar-refractivity contribution < 1.29 is 4.74 Å². The van der Waals surface area contributed by atoms with E-state index in [2.05, 4.69) is 13.8 Å². The minimum Gasteiger partial charge on any atom is -0.376 e. The third-order valence-electron chi connectivity index (χ3n) is 3.96. The van der Waals surface area contributed by atoms with Gasteiger partial charge in [0.05, 0.1) is 6.61 Å². The summed E-state index contributed by atoms with van der Waals surface area (Å²) in [6, 6.07) is 0. The maximum absolute atomic E-state index is 5.22. The first-order chi connectivity index (χ1) is 9.77. The van der Waals surface area contributed by atoms with E-state index in [1.165, 1.54) is 83.5 Å². The average molecular weight is 284 g/mol. The van der Waals surface area contributed by atoms with Crippen LogP contribution in [0.4, 0.5) is 0 Å². The molecule has 0 fully saturated rings. The molecular formula is C19H39O. The third kappa shape index (κ3) is 18.0. The van der Waals surface area contributed by atoms with Gasteiger partial charge in [-0.15, -0.1) is 0 Å². The van der Waals surface area contributed by atoms with E-state index in [9.17, 15) is 0 Å². The van der Waals surface area contributed by atoms with Crippen molar-refractivity contribution >= 4 is 0 Å². The first kappa shape index (κ1) is 20.0. The quantitative estimate of drug-likeness (QED) is 0.280. The fourth-order valence-electron chi connectivity index (χ4n) is 2.62. The Morgan fingerprint density at radius 1 is 0.650 bits per heavy atom. The molecular weight excluding hydrogens is 244 g/mol. The van der Waals surface area contributed by atoms with Crippen LogP contribution < -0.4 is 0 Å². The number of hydrogen-bond acceptors (Lipinski definition) is 1. The minimum absolute atomic E-state index is 0.890. The smallest absolute Gasteiger partial charge is 0.0805 e. The summed E-state index contributed by atoms with van der Waals surface area (Å²) in [4.78, 5) is 0. The fraction of sp³-hybridized carbons (Fsp3) is 0.947. The van der Waals surface area contributed by atoms with Crippen LogP contribution in [0.1, 0.15) is 104 Å². The normalized spacial score (nSPS) is 11.4. The van der Waals surface area contributed by atoms with Gasteiger partial charge < -0.3 is 4.74 Å². The van der Waals surface area contributed by atoms with Crippen molar-refractivity contribution in [3.8, 4) is 0 Å². The van der Waals surface area contributed by atoms with E-state index in [0.717, 1.165) is 12.5 Å². The van der Waals surface area contributed by atoms with Crippen molar-refractivity contribution in [2.75, 3.05) is 6.61 Å². The fourth-order valence-corrected chi connectivity index (χ4v) is 2.62. The Bertz CT molecular complexity index is 165. The Morgan fingerprint density at radius 3 is 1.45 bits per heavy atom. The zero-order valence-corrected chi connectivity index (χ0v) is 14.5. The van der Waals surface area contributed by atoms with Crippen molar-refractivity contribution in [2.45, 2.75) is 104 Å². The van der Waals surface area contributed by atoms with E-state index in [0.29, 0.717) is 0 Å². The average Bonchev–Trinajstić information content (AvgIpc) is 2.43. The van der Waals surface area contributed by atoms with E-state index in [1.54, 1.807) is 6.61 Å². The van der Waals surface area contributed by atoms with Crippen LogP contribution in [0.5, 0.6) is 0 Å². The summed E-state index contributed by atoms with van der Waals surface area (Å²) < 4.78 is 5.22. The topological polar surface area (TPSA) is 9.23 Å². The van der Waals surface area contributed by atoms with Gasteiger partial charge in [-0.3, -0.25) is 0 Å². The molecule has 1 heteroatoms. The first-order valence-corrected chi connectivity index (χ1v) is 9.16. The van der Waals surface area contributed by atoms with Gasteiger partial charge in [-0.2, -0.15) is 0 Å². The van der Waals surface area contributed by atoms with E-state index < -0.39 is 0 Å². The summed E-state index contributed by atoms with van der Waals surface area (Å²) in [5, 5.41) is 0. The second-order valence-corrected chi connectivity index (χ2v) is 6.53. The number of hydrogen-bond donors (Lipinski definition) is 0. The van der Waals surface area contributed by atoms with Crippen LogP contribution in [-0.2, 0) is 4.74 Å². The lowest BCUT2D eigenvalue weighted by Gasteiger charge is -2.05. The van der Waals surface area contributed by atoms with Crippen LogP contribution >= 0.6 is 0 Å². The van der Waals surface area contributed by atoms with E-state index >= 15 is 0 Å². The van der Waals surface area contributed by atoms with E-state index in [1.807, 2.05) is 6.92 Å². The summed E-state index contributed by atoms with van der Waals surface area (Å²) >= 11 is 0. The number of rotatable bonds is 16. The van der Waals surface area contributed by atoms with Crippen LogP contribution in [-0.4, -0.2) is 6.61 Å². The molecule has 0 rings (SSSR count). The molecule has 0 N–H and O–H groups in total. The molecule has 0 aromatic heterocycles. The van der Waals surface area contributed by atoms with Crippen molar-refractivity contribution in [3.05, 3.63) is 6.61 Å². The Labute approximate surface area is 128 Å². The van der Waals surface area contributed by atoms with Gasteiger partial charge in [0, 0.05) is 6.61 Å². The lowest BCUT2D eigenvalue weighted by atomic mass is 10.0. The molecule has 0 aromatic rings. The van der Waals surface area contributed by atoms with Gasteiger partial charge in [0.25, 0.3) is 0 Å². The minimum atomic E-state index is 0.890. The highest BCUT2D eigenvalue weighted by atomic mass is 16.5. The van der Waals surface area contributed by atoms with Crippen molar-refractivity contribution in [1.29, 1.82) is 0 Å². The molecule has 0 saturated carbocycles. The Kier molecular flexibility index (Phi) is 17.0. The van der Waals surface area contributed by atoms with Gasteiger partial charge in [-0.25, -0.2) is 0 Å². The second-order valence-electron chi connectivity index (χ2n) is 6.53. The molecule has 0 aromatic carbocycles. The highest BCUT2D eigenvalue weighted by Crippen LogP contribution is 2.14. The molecule has 0 aliphatic heterocycles. The summed E-state index contributed by atoms with van der Waals surface area (Å²) in [6.07, 6.45) is 18.4. The Balaban J connectivity index is 2.92.